The van der Waals surface area contributed by atoms with Crippen LogP contribution in [0.4, 0.5) is 17.6 Å². The average Bonchev–Trinajstić information content (AvgIpc) is 2.86. The number of hydrogen-bond acceptors (Lipinski definition) is 2. The first-order chi connectivity index (χ1) is 9.79. The Hall–Kier alpha value is -1.63. The van der Waals surface area contributed by atoms with Crippen molar-refractivity contribution in [2.75, 3.05) is 6.54 Å². The molecular formula is C14H16F4N2O. The molecule has 1 aliphatic carbocycles. The number of alkyl halides is 3. The Labute approximate surface area is 119 Å². The smallest absolute Gasteiger partial charge is 0.345 e. The van der Waals surface area contributed by atoms with Crippen LogP contribution in [0.1, 0.15) is 41.6 Å². The normalized spacial score (nSPS) is 17.8. The summed E-state index contributed by atoms with van der Waals surface area (Å²) < 4.78 is 51.9. The molecule has 1 amide bonds. The zero-order valence-corrected chi connectivity index (χ0v) is 11.3. The van der Waals surface area contributed by atoms with Gasteiger partial charge in [-0.15, -0.1) is 0 Å². The quantitative estimate of drug-likeness (QED) is 0.844. The van der Waals surface area contributed by atoms with Crippen LogP contribution < -0.4 is 11.1 Å². The van der Waals surface area contributed by atoms with E-state index in [-0.39, 0.29) is 6.54 Å². The van der Waals surface area contributed by atoms with Crippen LogP contribution in [-0.2, 0) is 6.18 Å². The highest BCUT2D eigenvalue weighted by Crippen LogP contribution is 2.33. The van der Waals surface area contributed by atoms with E-state index in [9.17, 15) is 22.4 Å². The number of hydrogen-bond donors (Lipinski definition) is 2. The molecular weight excluding hydrogens is 288 g/mol. The minimum Gasteiger partial charge on any atom is -0.345 e. The van der Waals surface area contributed by atoms with E-state index in [2.05, 4.69) is 5.32 Å². The lowest BCUT2D eigenvalue weighted by Gasteiger charge is -2.28. The van der Waals surface area contributed by atoms with Crippen molar-refractivity contribution in [2.24, 2.45) is 5.73 Å². The van der Waals surface area contributed by atoms with Gasteiger partial charge in [0.15, 0.2) is 0 Å². The summed E-state index contributed by atoms with van der Waals surface area (Å²) in [5.74, 6) is -2.40. The molecule has 3 nitrogen and oxygen atoms in total. The van der Waals surface area contributed by atoms with E-state index < -0.39 is 34.6 Å². The lowest BCUT2D eigenvalue weighted by atomic mass is 9.97. The summed E-state index contributed by atoms with van der Waals surface area (Å²) in [5, 5.41) is 2.61. The molecule has 0 heterocycles. The third-order valence-corrected chi connectivity index (χ3v) is 3.88. The second kappa shape index (κ2) is 5.63. The maximum Gasteiger partial charge on any atom is 0.419 e. The molecule has 7 heteroatoms. The van der Waals surface area contributed by atoms with Crippen molar-refractivity contribution in [3.63, 3.8) is 0 Å². The molecule has 0 bridgehead atoms. The van der Waals surface area contributed by atoms with Gasteiger partial charge in [-0.25, -0.2) is 4.39 Å². The van der Waals surface area contributed by atoms with Crippen molar-refractivity contribution in [3.05, 3.63) is 35.1 Å². The van der Waals surface area contributed by atoms with Crippen LogP contribution in [0.5, 0.6) is 0 Å². The van der Waals surface area contributed by atoms with Crippen molar-refractivity contribution in [2.45, 2.75) is 37.4 Å². The van der Waals surface area contributed by atoms with Crippen LogP contribution in [0.15, 0.2) is 18.2 Å². The average molecular weight is 304 g/mol. The van der Waals surface area contributed by atoms with E-state index >= 15 is 0 Å². The molecule has 0 radical (unpaired) electrons. The topological polar surface area (TPSA) is 55.1 Å². The van der Waals surface area contributed by atoms with Gasteiger partial charge in [-0.05, 0) is 25.0 Å². The van der Waals surface area contributed by atoms with E-state index in [1.807, 2.05) is 0 Å². The summed E-state index contributed by atoms with van der Waals surface area (Å²) in [4.78, 5) is 12.1. The lowest BCUT2D eigenvalue weighted by molar-refractivity contribution is -0.140. The van der Waals surface area contributed by atoms with Gasteiger partial charge in [0.1, 0.15) is 5.82 Å². The SMILES string of the molecule is NCC1(NC(=O)c2cccc(C(F)(F)F)c2F)CCCC1. The van der Waals surface area contributed by atoms with Gasteiger partial charge >= 0.3 is 6.18 Å². The third kappa shape index (κ3) is 3.18. The number of rotatable bonds is 3. The highest BCUT2D eigenvalue weighted by Gasteiger charge is 2.38. The second-order valence-corrected chi connectivity index (χ2v) is 5.31. The number of nitrogens with two attached hydrogens (primary N) is 1. The van der Waals surface area contributed by atoms with E-state index in [1.165, 1.54) is 0 Å². The van der Waals surface area contributed by atoms with Gasteiger partial charge in [0.25, 0.3) is 5.91 Å². The number of amides is 1. The molecule has 1 aromatic rings. The van der Waals surface area contributed by atoms with Crippen molar-refractivity contribution in [1.82, 2.24) is 5.32 Å². The second-order valence-electron chi connectivity index (χ2n) is 5.31. The molecule has 1 aromatic carbocycles. The number of carbonyl (C=O) groups excluding carboxylic acids is 1. The number of carbonyl (C=O) groups is 1. The Morgan fingerprint density at radius 1 is 1.29 bits per heavy atom. The van der Waals surface area contributed by atoms with Crippen molar-refractivity contribution < 1.29 is 22.4 Å². The minimum absolute atomic E-state index is 0.180. The van der Waals surface area contributed by atoms with Crippen molar-refractivity contribution in [1.29, 1.82) is 0 Å². The highest BCUT2D eigenvalue weighted by atomic mass is 19.4. The number of benzene rings is 1. The van der Waals surface area contributed by atoms with Gasteiger partial charge in [0.05, 0.1) is 16.7 Å². The van der Waals surface area contributed by atoms with Gasteiger partial charge in [-0.2, -0.15) is 13.2 Å². The molecule has 0 aromatic heterocycles. The van der Waals surface area contributed by atoms with Crippen molar-refractivity contribution >= 4 is 5.91 Å². The highest BCUT2D eigenvalue weighted by molar-refractivity contribution is 5.95. The Morgan fingerprint density at radius 2 is 1.90 bits per heavy atom. The summed E-state index contributed by atoms with van der Waals surface area (Å²) in [6, 6.07) is 2.67. The number of halogens is 4. The summed E-state index contributed by atoms with van der Waals surface area (Å²) >= 11 is 0. The summed E-state index contributed by atoms with van der Waals surface area (Å²) in [6.45, 7) is 0.180. The molecule has 0 aliphatic heterocycles. The summed E-state index contributed by atoms with van der Waals surface area (Å²) in [7, 11) is 0. The fraction of sp³-hybridized carbons (Fsp3) is 0.500. The molecule has 116 valence electrons. The monoisotopic (exact) mass is 304 g/mol. The van der Waals surface area contributed by atoms with Crippen LogP contribution in [0, 0.1) is 5.82 Å². The first kappa shape index (κ1) is 15.8. The van der Waals surface area contributed by atoms with Crippen LogP contribution in [0.2, 0.25) is 0 Å². The van der Waals surface area contributed by atoms with Crippen LogP contribution in [0.25, 0.3) is 0 Å². The van der Waals surface area contributed by atoms with E-state index in [0.29, 0.717) is 18.9 Å². The van der Waals surface area contributed by atoms with E-state index in [0.717, 1.165) is 25.0 Å². The molecule has 0 spiro atoms. The van der Waals surface area contributed by atoms with Gasteiger partial charge in [-0.3, -0.25) is 4.79 Å². The van der Waals surface area contributed by atoms with Crippen LogP contribution >= 0.6 is 0 Å². The Morgan fingerprint density at radius 3 is 2.43 bits per heavy atom. The fourth-order valence-corrected chi connectivity index (χ4v) is 2.67. The molecule has 1 fully saturated rings. The molecule has 1 aliphatic rings. The van der Waals surface area contributed by atoms with Crippen molar-refractivity contribution in [3.8, 4) is 0 Å². The standard InChI is InChI=1S/C14H16F4N2O/c15-11-9(4-3-5-10(11)14(16,17)18)12(21)20-13(8-19)6-1-2-7-13/h3-5H,1-2,6-8,19H2,(H,20,21). The Bertz CT molecular complexity index is 536. The van der Waals surface area contributed by atoms with Gasteiger partial charge in [0.2, 0.25) is 0 Å². The number of nitrogens with one attached hydrogen (secondary N) is 1. The zero-order valence-electron chi connectivity index (χ0n) is 11.3. The molecule has 1 saturated carbocycles. The molecule has 2 rings (SSSR count). The first-order valence-corrected chi connectivity index (χ1v) is 6.67. The predicted octanol–water partition coefficient (Wildman–Crippen LogP) is 2.85. The van der Waals surface area contributed by atoms with E-state index in [1.54, 1.807) is 0 Å². The minimum atomic E-state index is -4.83. The Balaban J connectivity index is 2.28. The maximum absolute atomic E-state index is 13.9. The first-order valence-electron chi connectivity index (χ1n) is 6.67. The fourth-order valence-electron chi connectivity index (χ4n) is 2.67. The van der Waals surface area contributed by atoms with Crippen LogP contribution in [0.3, 0.4) is 0 Å². The third-order valence-electron chi connectivity index (χ3n) is 3.88. The molecule has 0 unspecified atom stereocenters. The summed E-state index contributed by atoms with van der Waals surface area (Å²) in [6.07, 6.45) is -1.78. The predicted molar refractivity (Wildman–Crippen MR) is 69.1 cm³/mol. The largest absolute Gasteiger partial charge is 0.419 e. The van der Waals surface area contributed by atoms with Crippen LogP contribution in [-0.4, -0.2) is 18.0 Å². The molecule has 21 heavy (non-hydrogen) atoms. The molecule has 0 saturated heterocycles. The summed E-state index contributed by atoms with van der Waals surface area (Å²) in [5.41, 5.74) is 2.95. The van der Waals surface area contributed by atoms with E-state index in [4.69, 9.17) is 5.73 Å². The van der Waals surface area contributed by atoms with Gasteiger partial charge < -0.3 is 11.1 Å². The van der Waals surface area contributed by atoms with Gasteiger partial charge in [-0.1, -0.05) is 18.9 Å². The Kier molecular flexibility index (Phi) is 4.22. The molecule has 3 N–H and O–H groups in total. The zero-order chi connectivity index (χ0) is 15.7. The van der Waals surface area contributed by atoms with Gasteiger partial charge in [0, 0.05) is 6.54 Å². The lowest BCUT2D eigenvalue weighted by Crippen LogP contribution is -2.51. The maximum atomic E-state index is 13.9. The molecule has 0 atom stereocenters.